The van der Waals surface area contributed by atoms with Crippen molar-refractivity contribution >= 4 is 33.7 Å². The number of carbonyl (C=O) groups is 1. The molecule has 1 amide bonds. The van der Waals surface area contributed by atoms with Crippen molar-refractivity contribution < 1.29 is 14.8 Å². The third-order valence-corrected chi connectivity index (χ3v) is 3.42. The smallest absolute Gasteiger partial charge is 0.282 e. The topological polar surface area (TPSA) is 105 Å². The SMILES string of the molecule is O=C(NN=Cc1cc(O)ccc1Br)c1ccccc1[N+](=O)[O-]. The molecular weight excluding hydrogens is 354 g/mol. The molecule has 0 saturated heterocycles. The Bertz CT molecular complexity index is 762. The number of hydrazone groups is 1. The van der Waals surface area contributed by atoms with Gasteiger partial charge in [0.25, 0.3) is 11.6 Å². The van der Waals surface area contributed by atoms with Crippen LogP contribution in [0.3, 0.4) is 0 Å². The Hall–Kier alpha value is -2.74. The number of halogens is 1. The second-order valence-electron chi connectivity index (χ2n) is 4.18. The van der Waals surface area contributed by atoms with Crippen LogP contribution < -0.4 is 5.43 Å². The van der Waals surface area contributed by atoms with E-state index in [1.165, 1.54) is 42.6 Å². The number of para-hydroxylation sites is 1. The largest absolute Gasteiger partial charge is 0.508 e. The molecule has 0 aromatic heterocycles. The van der Waals surface area contributed by atoms with Gasteiger partial charge in [-0.25, -0.2) is 5.43 Å². The van der Waals surface area contributed by atoms with E-state index in [4.69, 9.17) is 0 Å². The third kappa shape index (κ3) is 3.67. The lowest BCUT2D eigenvalue weighted by molar-refractivity contribution is -0.385. The summed E-state index contributed by atoms with van der Waals surface area (Å²) in [4.78, 5) is 22.1. The number of benzene rings is 2. The molecule has 0 radical (unpaired) electrons. The number of hydrogen-bond acceptors (Lipinski definition) is 5. The van der Waals surface area contributed by atoms with Gasteiger partial charge in [0.2, 0.25) is 0 Å². The van der Waals surface area contributed by atoms with Crippen LogP contribution in [0.4, 0.5) is 5.69 Å². The molecule has 22 heavy (non-hydrogen) atoms. The summed E-state index contributed by atoms with van der Waals surface area (Å²) < 4.78 is 0.675. The van der Waals surface area contributed by atoms with E-state index >= 15 is 0 Å². The van der Waals surface area contributed by atoms with Gasteiger partial charge in [-0.15, -0.1) is 0 Å². The highest BCUT2D eigenvalue weighted by Crippen LogP contribution is 2.20. The molecule has 0 saturated carbocycles. The fourth-order valence-electron chi connectivity index (χ4n) is 1.68. The molecule has 0 aliphatic rings. The van der Waals surface area contributed by atoms with Crippen LogP contribution in [0.15, 0.2) is 52.0 Å². The molecule has 7 nitrogen and oxygen atoms in total. The highest BCUT2D eigenvalue weighted by molar-refractivity contribution is 9.10. The zero-order chi connectivity index (χ0) is 16.1. The summed E-state index contributed by atoms with van der Waals surface area (Å²) in [6.07, 6.45) is 1.32. The average molecular weight is 364 g/mol. The van der Waals surface area contributed by atoms with Gasteiger partial charge >= 0.3 is 0 Å². The van der Waals surface area contributed by atoms with Gasteiger partial charge in [0.15, 0.2) is 0 Å². The van der Waals surface area contributed by atoms with E-state index in [0.717, 1.165) is 0 Å². The van der Waals surface area contributed by atoms with Gasteiger partial charge in [-0.2, -0.15) is 5.10 Å². The molecule has 8 heteroatoms. The number of phenolic OH excluding ortho intramolecular Hbond substituents is 1. The van der Waals surface area contributed by atoms with E-state index in [1.807, 2.05) is 0 Å². The van der Waals surface area contributed by atoms with Crippen molar-refractivity contribution in [2.45, 2.75) is 0 Å². The standard InChI is InChI=1S/C14H10BrN3O4/c15-12-6-5-10(19)7-9(12)8-16-17-14(20)11-3-1-2-4-13(11)18(21)22/h1-8,19H,(H,17,20). The molecule has 0 heterocycles. The Labute approximate surface area is 133 Å². The Kier molecular flexibility index (Phi) is 4.84. The van der Waals surface area contributed by atoms with Gasteiger partial charge in [0, 0.05) is 16.1 Å². The number of nitrogens with one attached hydrogen (secondary N) is 1. The van der Waals surface area contributed by atoms with Crippen LogP contribution >= 0.6 is 15.9 Å². The minimum Gasteiger partial charge on any atom is -0.508 e. The van der Waals surface area contributed by atoms with Crippen LogP contribution in [-0.2, 0) is 0 Å². The maximum absolute atomic E-state index is 11.9. The normalized spacial score (nSPS) is 10.6. The van der Waals surface area contributed by atoms with Crippen molar-refractivity contribution in [3.63, 3.8) is 0 Å². The molecule has 0 aliphatic heterocycles. The zero-order valence-corrected chi connectivity index (χ0v) is 12.6. The monoisotopic (exact) mass is 363 g/mol. The summed E-state index contributed by atoms with van der Waals surface area (Å²) in [6, 6.07) is 10.1. The van der Waals surface area contributed by atoms with Crippen molar-refractivity contribution in [1.29, 1.82) is 0 Å². The Morgan fingerprint density at radius 1 is 1.32 bits per heavy atom. The van der Waals surface area contributed by atoms with Crippen LogP contribution in [0.5, 0.6) is 5.75 Å². The number of phenols is 1. The van der Waals surface area contributed by atoms with Crippen LogP contribution in [0.2, 0.25) is 0 Å². The summed E-state index contributed by atoms with van der Waals surface area (Å²) in [7, 11) is 0. The van der Waals surface area contributed by atoms with Crippen LogP contribution in [0.25, 0.3) is 0 Å². The van der Waals surface area contributed by atoms with Gasteiger partial charge in [0.05, 0.1) is 11.1 Å². The Balaban J connectivity index is 2.15. The first-order valence-electron chi connectivity index (χ1n) is 6.04. The summed E-state index contributed by atoms with van der Waals surface area (Å²) in [5.74, 6) is -0.644. The second-order valence-corrected chi connectivity index (χ2v) is 5.03. The van der Waals surface area contributed by atoms with Gasteiger partial charge in [-0.3, -0.25) is 14.9 Å². The number of amides is 1. The third-order valence-electron chi connectivity index (χ3n) is 2.69. The van der Waals surface area contributed by atoms with Gasteiger partial charge in [-0.05, 0) is 24.3 Å². The molecule has 0 spiro atoms. The first-order chi connectivity index (χ1) is 10.5. The number of hydrogen-bond donors (Lipinski definition) is 2. The van der Waals surface area contributed by atoms with E-state index in [2.05, 4.69) is 26.5 Å². The predicted molar refractivity (Wildman–Crippen MR) is 84.0 cm³/mol. The van der Waals surface area contributed by atoms with E-state index < -0.39 is 10.8 Å². The van der Waals surface area contributed by atoms with Crippen LogP contribution in [0.1, 0.15) is 15.9 Å². The highest BCUT2D eigenvalue weighted by atomic mass is 79.9. The maximum Gasteiger partial charge on any atom is 0.282 e. The highest BCUT2D eigenvalue weighted by Gasteiger charge is 2.18. The molecule has 2 N–H and O–H groups in total. The minimum absolute atomic E-state index is 0.0506. The lowest BCUT2D eigenvalue weighted by Crippen LogP contribution is -2.18. The number of rotatable bonds is 4. The van der Waals surface area contributed by atoms with E-state index in [0.29, 0.717) is 10.0 Å². The van der Waals surface area contributed by atoms with Crippen molar-refractivity contribution in [1.82, 2.24) is 5.43 Å². The summed E-state index contributed by atoms with van der Waals surface area (Å²) in [5, 5.41) is 24.0. The molecule has 0 unspecified atom stereocenters. The van der Waals surface area contributed by atoms with Crippen LogP contribution in [0, 0.1) is 10.1 Å². The number of nitro benzene ring substituents is 1. The van der Waals surface area contributed by atoms with Crippen LogP contribution in [-0.4, -0.2) is 22.2 Å². The van der Waals surface area contributed by atoms with Gasteiger partial charge in [-0.1, -0.05) is 28.1 Å². The second kappa shape index (κ2) is 6.81. The molecule has 0 bridgehead atoms. The predicted octanol–water partition coefficient (Wildman–Crippen LogP) is 2.83. The van der Waals surface area contributed by atoms with E-state index in [9.17, 15) is 20.0 Å². The summed E-state index contributed by atoms with van der Waals surface area (Å²) >= 11 is 3.27. The van der Waals surface area contributed by atoms with Gasteiger partial charge < -0.3 is 5.11 Å². The average Bonchev–Trinajstić information content (AvgIpc) is 2.50. The number of carbonyl (C=O) groups excluding carboxylic acids is 1. The molecular formula is C14H10BrN3O4. The summed E-state index contributed by atoms with van der Waals surface area (Å²) in [5.41, 5.74) is 2.38. The molecule has 0 aliphatic carbocycles. The van der Waals surface area contributed by atoms with Crippen molar-refractivity contribution in [3.8, 4) is 5.75 Å². The van der Waals surface area contributed by atoms with E-state index in [-0.39, 0.29) is 17.0 Å². The fraction of sp³-hybridized carbons (Fsp3) is 0. The number of nitro groups is 1. The molecule has 0 atom stereocenters. The lowest BCUT2D eigenvalue weighted by atomic mass is 10.2. The first kappa shape index (κ1) is 15.6. The van der Waals surface area contributed by atoms with Gasteiger partial charge in [0.1, 0.15) is 11.3 Å². The first-order valence-corrected chi connectivity index (χ1v) is 6.83. The molecule has 2 rings (SSSR count). The fourth-order valence-corrected chi connectivity index (χ4v) is 2.02. The number of aromatic hydroxyl groups is 1. The van der Waals surface area contributed by atoms with Crippen molar-refractivity contribution in [3.05, 3.63) is 68.2 Å². The quantitative estimate of drug-likeness (QED) is 0.494. The summed E-state index contributed by atoms with van der Waals surface area (Å²) in [6.45, 7) is 0. The molecule has 112 valence electrons. The molecule has 0 fully saturated rings. The lowest BCUT2D eigenvalue weighted by Gasteiger charge is -2.02. The maximum atomic E-state index is 11.9. The Morgan fingerprint density at radius 2 is 2.05 bits per heavy atom. The minimum atomic E-state index is -0.695. The molecule has 2 aromatic carbocycles. The van der Waals surface area contributed by atoms with Crippen molar-refractivity contribution in [2.24, 2.45) is 5.10 Å². The zero-order valence-electron chi connectivity index (χ0n) is 11.1. The number of nitrogens with zero attached hydrogens (tertiary/aromatic N) is 2. The van der Waals surface area contributed by atoms with Crippen molar-refractivity contribution in [2.75, 3.05) is 0 Å². The molecule has 2 aromatic rings. The Morgan fingerprint density at radius 3 is 2.77 bits per heavy atom. The van der Waals surface area contributed by atoms with E-state index in [1.54, 1.807) is 6.07 Å².